The lowest BCUT2D eigenvalue weighted by Gasteiger charge is -2.39. The van der Waals surface area contributed by atoms with Crippen molar-refractivity contribution in [2.75, 3.05) is 6.61 Å². The fourth-order valence-corrected chi connectivity index (χ4v) is 3.73. The average Bonchev–Trinajstić information content (AvgIpc) is 2.80. The predicted octanol–water partition coefficient (Wildman–Crippen LogP) is -1.28. The molecule has 9 N–H and O–H groups in total. The van der Waals surface area contributed by atoms with Crippen molar-refractivity contribution in [1.82, 2.24) is 0 Å². The number of phenols is 6. The summed E-state index contributed by atoms with van der Waals surface area (Å²) >= 11 is 0. The second-order valence-corrected chi connectivity index (χ2v) is 7.55. The van der Waals surface area contributed by atoms with Crippen LogP contribution >= 0.6 is 0 Å². The monoisotopic (exact) mass is 482 g/mol. The van der Waals surface area contributed by atoms with E-state index in [2.05, 4.69) is 0 Å². The Hall–Kier alpha value is -3.98. The third kappa shape index (κ3) is 3.45. The van der Waals surface area contributed by atoms with Gasteiger partial charge in [0.05, 0.1) is 11.1 Å². The van der Waals surface area contributed by atoms with E-state index < -0.39 is 106 Å². The molecule has 0 aliphatic carbocycles. The molecule has 1 fully saturated rings. The lowest BCUT2D eigenvalue weighted by molar-refractivity contribution is -0.285. The zero-order valence-electron chi connectivity index (χ0n) is 16.8. The molecular weight excluding hydrogens is 464 g/mol. The fraction of sp³-hybridized carbons (Fsp3) is 0.300. The van der Waals surface area contributed by atoms with Gasteiger partial charge in [-0.25, -0.2) is 9.59 Å². The summed E-state index contributed by atoms with van der Waals surface area (Å²) < 4.78 is 15.1. The number of rotatable bonds is 0. The van der Waals surface area contributed by atoms with E-state index in [1.54, 1.807) is 0 Å². The van der Waals surface area contributed by atoms with Crippen LogP contribution in [-0.4, -0.2) is 95.2 Å². The molecule has 5 rings (SSSR count). The van der Waals surface area contributed by atoms with Crippen LogP contribution in [0.1, 0.15) is 20.7 Å². The molecule has 14 heteroatoms. The van der Waals surface area contributed by atoms with Gasteiger partial charge in [0, 0.05) is 11.1 Å². The van der Waals surface area contributed by atoms with Crippen molar-refractivity contribution in [2.24, 2.45) is 0 Å². The van der Waals surface area contributed by atoms with Gasteiger partial charge in [-0.1, -0.05) is 0 Å². The van der Waals surface area contributed by atoms with Crippen LogP contribution in [0.2, 0.25) is 0 Å². The molecule has 3 heterocycles. The fourth-order valence-electron chi connectivity index (χ4n) is 3.73. The number of hydrogen-bond acceptors (Lipinski definition) is 14. The van der Waals surface area contributed by atoms with E-state index in [-0.39, 0.29) is 0 Å². The van der Waals surface area contributed by atoms with Gasteiger partial charge >= 0.3 is 11.9 Å². The number of ether oxygens (including phenoxy) is 3. The SMILES string of the molecule is O=C1OC[C@H]2OC(O)[C@H](OC(=O)c3cc(O)c(O)c(O)c3-c3c1cc(O)c(O)c3O)[C@@H](O)[C@@H]2O. The number of aliphatic hydroxyl groups excluding tert-OH is 3. The molecule has 2 bridgehead atoms. The zero-order chi connectivity index (χ0) is 25.1. The molecule has 0 amide bonds. The number of aliphatic hydroxyl groups is 3. The van der Waals surface area contributed by atoms with Crippen molar-refractivity contribution in [3.8, 4) is 45.6 Å². The van der Waals surface area contributed by atoms with Crippen LogP contribution in [0.15, 0.2) is 12.1 Å². The van der Waals surface area contributed by atoms with E-state index in [9.17, 15) is 55.5 Å². The standard InChI is InChI=1S/C20H18O14/c21-6-1-4-9(14(26)11(6)23)10-5(2-7(22)12(24)15(10)27)19(30)34-17-16(28)13(25)8(33-20(17)31)3-32-18(4)29/h1-2,8,13,16-17,20-28,31H,3H2/t8-,13-,16+,17-,20?/m1/s1. The number of carbonyl (C=O) groups is 2. The molecule has 0 radical (unpaired) electrons. The number of aromatic hydroxyl groups is 6. The highest BCUT2D eigenvalue weighted by Crippen LogP contribution is 2.52. The van der Waals surface area contributed by atoms with Crippen molar-refractivity contribution >= 4 is 11.9 Å². The van der Waals surface area contributed by atoms with Gasteiger partial charge in [-0.2, -0.15) is 0 Å². The topological polar surface area (TPSA) is 244 Å². The van der Waals surface area contributed by atoms with Crippen LogP contribution in [-0.2, 0) is 14.2 Å². The van der Waals surface area contributed by atoms with E-state index >= 15 is 0 Å². The van der Waals surface area contributed by atoms with Crippen molar-refractivity contribution < 1.29 is 69.8 Å². The third-order valence-electron chi connectivity index (χ3n) is 5.48. The van der Waals surface area contributed by atoms with E-state index in [0.29, 0.717) is 12.1 Å². The summed E-state index contributed by atoms with van der Waals surface area (Å²) in [7, 11) is 0. The summed E-state index contributed by atoms with van der Waals surface area (Å²) in [5, 5.41) is 91.6. The maximum Gasteiger partial charge on any atom is 0.339 e. The molecule has 2 aromatic rings. The Labute approximate surface area is 188 Å². The Balaban J connectivity index is 2.05. The highest BCUT2D eigenvalue weighted by atomic mass is 16.7. The van der Waals surface area contributed by atoms with Crippen LogP contribution < -0.4 is 0 Å². The van der Waals surface area contributed by atoms with Crippen LogP contribution in [0.5, 0.6) is 34.5 Å². The molecule has 0 aromatic heterocycles. The molecule has 2 aromatic carbocycles. The molecule has 14 nitrogen and oxygen atoms in total. The molecule has 3 aliphatic heterocycles. The number of fused-ring (bicyclic) bond motifs is 5. The van der Waals surface area contributed by atoms with Crippen molar-refractivity contribution in [3.05, 3.63) is 23.3 Å². The van der Waals surface area contributed by atoms with Crippen LogP contribution in [0.4, 0.5) is 0 Å². The number of carbonyl (C=O) groups excluding carboxylic acids is 2. The van der Waals surface area contributed by atoms with Crippen LogP contribution in [0.3, 0.4) is 0 Å². The molecule has 1 saturated heterocycles. The minimum atomic E-state index is -2.02. The normalized spacial score (nSPS) is 26.9. The van der Waals surface area contributed by atoms with Gasteiger partial charge in [0.15, 0.2) is 35.4 Å². The largest absolute Gasteiger partial charge is 0.504 e. The van der Waals surface area contributed by atoms with Crippen molar-refractivity contribution in [2.45, 2.75) is 30.7 Å². The minimum Gasteiger partial charge on any atom is -0.504 e. The predicted molar refractivity (Wildman–Crippen MR) is 104 cm³/mol. The van der Waals surface area contributed by atoms with Crippen LogP contribution in [0.25, 0.3) is 11.1 Å². The quantitative estimate of drug-likeness (QED) is 0.157. The lowest BCUT2D eigenvalue weighted by Crippen LogP contribution is -2.60. The first kappa shape index (κ1) is 23.2. The summed E-state index contributed by atoms with van der Waals surface area (Å²) in [6.45, 7) is -0.781. The first-order valence-corrected chi connectivity index (χ1v) is 9.57. The van der Waals surface area contributed by atoms with Gasteiger partial charge in [0.2, 0.25) is 11.5 Å². The molecule has 34 heavy (non-hydrogen) atoms. The summed E-state index contributed by atoms with van der Waals surface area (Å²) in [5.41, 5.74) is -3.24. The Morgan fingerprint density at radius 2 is 1.21 bits per heavy atom. The molecule has 3 aliphatic rings. The summed E-state index contributed by atoms with van der Waals surface area (Å²) in [4.78, 5) is 25.8. The van der Waals surface area contributed by atoms with Gasteiger partial charge in [0.25, 0.3) is 0 Å². The van der Waals surface area contributed by atoms with Crippen LogP contribution in [0, 0.1) is 0 Å². The number of benzene rings is 2. The Bertz CT molecular complexity index is 1190. The van der Waals surface area contributed by atoms with Gasteiger partial charge in [0.1, 0.15) is 24.9 Å². The Morgan fingerprint density at radius 1 is 0.706 bits per heavy atom. The molecular formula is C20H18O14. The van der Waals surface area contributed by atoms with Gasteiger partial charge < -0.3 is 60.2 Å². The lowest BCUT2D eigenvalue weighted by atomic mass is 9.92. The highest BCUT2D eigenvalue weighted by molar-refractivity contribution is 6.08. The van der Waals surface area contributed by atoms with E-state index in [4.69, 9.17) is 14.2 Å². The van der Waals surface area contributed by atoms with Crippen molar-refractivity contribution in [1.29, 1.82) is 0 Å². The Morgan fingerprint density at radius 3 is 1.74 bits per heavy atom. The maximum absolute atomic E-state index is 13.0. The minimum absolute atomic E-state index is 0.562. The molecule has 5 atom stereocenters. The van der Waals surface area contributed by atoms with Crippen molar-refractivity contribution in [3.63, 3.8) is 0 Å². The molecule has 182 valence electrons. The summed E-state index contributed by atoms with van der Waals surface area (Å²) in [5.74, 6) is -9.75. The van der Waals surface area contributed by atoms with Gasteiger partial charge in [-0.15, -0.1) is 0 Å². The number of hydrogen-bond donors (Lipinski definition) is 9. The second kappa shape index (κ2) is 8.11. The van der Waals surface area contributed by atoms with E-state index in [1.807, 2.05) is 0 Å². The van der Waals surface area contributed by atoms with E-state index in [1.165, 1.54) is 0 Å². The maximum atomic E-state index is 13.0. The van der Waals surface area contributed by atoms with Gasteiger partial charge in [-0.3, -0.25) is 0 Å². The third-order valence-corrected chi connectivity index (χ3v) is 5.48. The van der Waals surface area contributed by atoms with E-state index in [0.717, 1.165) is 0 Å². The summed E-state index contributed by atoms with van der Waals surface area (Å²) in [6, 6.07) is 1.18. The summed E-state index contributed by atoms with van der Waals surface area (Å²) in [6.07, 6.45) is -9.18. The molecule has 0 spiro atoms. The first-order chi connectivity index (χ1) is 15.9. The number of esters is 2. The average molecular weight is 482 g/mol. The first-order valence-electron chi connectivity index (χ1n) is 9.57. The van der Waals surface area contributed by atoms with Gasteiger partial charge in [-0.05, 0) is 12.1 Å². The Kier molecular flexibility index (Phi) is 5.53. The highest BCUT2D eigenvalue weighted by Gasteiger charge is 2.47. The second-order valence-electron chi connectivity index (χ2n) is 7.55. The smallest absolute Gasteiger partial charge is 0.339 e. The molecule has 0 saturated carbocycles. The zero-order valence-corrected chi connectivity index (χ0v) is 16.8. The number of phenolic OH excluding ortho intramolecular Hbond substituents is 6. The molecule has 1 unspecified atom stereocenters.